The number of ether oxygens (including phenoxy) is 1. The summed E-state index contributed by atoms with van der Waals surface area (Å²) in [4.78, 5) is 14.2. The van der Waals surface area contributed by atoms with Gasteiger partial charge in [-0.05, 0) is 55.4 Å². The number of carbonyl (C=O) groups is 1. The van der Waals surface area contributed by atoms with Crippen molar-refractivity contribution in [2.75, 3.05) is 26.7 Å². The van der Waals surface area contributed by atoms with Crippen molar-refractivity contribution in [2.45, 2.75) is 32.2 Å². The zero-order chi connectivity index (χ0) is 20.1. The maximum Gasteiger partial charge on any atom is 0.159 e. The monoisotopic (exact) mass is 378 g/mol. The number of allylic oxidation sites excluding steroid dienone is 3. The predicted octanol–water partition coefficient (Wildman–Crippen LogP) is 5.14. The molecule has 1 saturated heterocycles. The molecule has 0 unspecified atom stereocenters. The van der Waals surface area contributed by atoms with Gasteiger partial charge in [-0.15, -0.1) is 0 Å². The number of aromatic nitrogens is 1. The van der Waals surface area contributed by atoms with Gasteiger partial charge in [0.15, 0.2) is 5.78 Å². The molecule has 1 aliphatic heterocycles. The molecule has 4 nitrogen and oxygen atoms in total. The van der Waals surface area contributed by atoms with Crippen LogP contribution in [0.25, 0.3) is 10.9 Å². The van der Waals surface area contributed by atoms with Crippen LogP contribution in [0.15, 0.2) is 67.1 Å². The minimum absolute atomic E-state index is 0.116. The number of methoxy groups -OCH3 is 1. The van der Waals surface area contributed by atoms with E-state index in [2.05, 4.69) is 34.9 Å². The van der Waals surface area contributed by atoms with Crippen LogP contribution in [0.3, 0.4) is 0 Å². The van der Waals surface area contributed by atoms with Crippen LogP contribution < -0.4 is 0 Å². The van der Waals surface area contributed by atoms with Crippen molar-refractivity contribution in [3.8, 4) is 0 Å². The van der Waals surface area contributed by atoms with E-state index in [0.29, 0.717) is 6.04 Å². The van der Waals surface area contributed by atoms with E-state index >= 15 is 0 Å². The molecule has 0 atom stereocenters. The molecule has 0 bridgehead atoms. The average Bonchev–Trinajstić information content (AvgIpc) is 3.13. The lowest BCUT2D eigenvalue weighted by Gasteiger charge is -2.33. The molecule has 3 rings (SSSR count). The molecule has 4 heteroatoms. The Morgan fingerprint density at radius 2 is 2.04 bits per heavy atom. The number of hydrogen-bond donors (Lipinski definition) is 0. The van der Waals surface area contributed by atoms with Gasteiger partial charge in [-0.3, -0.25) is 4.79 Å². The molecule has 0 radical (unpaired) electrons. The Morgan fingerprint density at radius 1 is 1.29 bits per heavy atom. The molecule has 1 fully saturated rings. The van der Waals surface area contributed by atoms with Crippen LogP contribution in [0.4, 0.5) is 0 Å². The van der Waals surface area contributed by atoms with Crippen molar-refractivity contribution >= 4 is 16.7 Å². The number of fused-ring (bicyclic) bond motifs is 1. The van der Waals surface area contributed by atoms with Crippen molar-refractivity contribution in [1.29, 1.82) is 0 Å². The lowest BCUT2D eigenvalue weighted by molar-refractivity contribution is 0.101. The highest BCUT2D eigenvalue weighted by molar-refractivity contribution is 5.97. The second-order valence-electron chi connectivity index (χ2n) is 7.45. The predicted molar refractivity (Wildman–Crippen MR) is 116 cm³/mol. The van der Waals surface area contributed by atoms with Crippen LogP contribution in [0.5, 0.6) is 0 Å². The first-order valence-corrected chi connectivity index (χ1v) is 9.92. The molecule has 28 heavy (non-hydrogen) atoms. The number of benzene rings is 1. The maximum absolute atomic E-state index is 11.7. The zero-order valence-corrected chi connectivity index (χ0v) is 17.0. The van der Waals surface area contributed by atoms with Crippen molar-refractivity contribution in [3.63, 3.8) is 0 Å². The van der Waals surface area contributed by atoms with Crippen molar-refractivity contribution < 1.29 is 9.53 Å². The Kier molecular flexibility index (Phi) is 6.53. The summed E-state index contributed by atoms with van der Waals surface area (Å²) in [6.07, 6.45) is 8.88. The molecule has 0 N–H and O–H groups in total. The van der Waals surface area contributed by atoms with Crippen molar-refractivity contribution in [1.82, 2.24) is 9.47 Å². The largest absolute Gasteiger partial charge is 0.497 e. The molecule has 2 aromatic rings. The molecule has 0 spiro atoms. The first-order chi connectivity index (χ1) is 13.5. The molecule has 148 valence electrons. The molecule has 1 aromatic carbocycles. The summed E-state index contributed by atoms with van der Waals surface area (Å²) in [6, 6.07) is 8.63. The van der Waals surface area contributed by atoms with Gasteiger partial charge in [-0.1, -0.05) is 31.4 Å². The fourth-order valence-corrected chi connectivity index (χ4v) is 3.96. The minimum atomic E-state index is 0.116. The SMILES string of the molecule is C=C/C=C(/OC)C(=C)CCN1CCC(n2ccc3ccc(C(C)=O)cc32)CC1. The maximum atomic E-state index is 11.7. The van der Waals surface area contributed by atoms with Gasteiger partial charge in [0.2, 0.25) is 0 Å². The second kappa shape index (κ2) is 9.07. The number of piperidine rings is 1. The molecule has 1 aliphatic rings. The highest BCUT2D eigenvalue weighted by Gasteiger charge is 2.21. The summed E-state index contributed by atoms with van der Waals surface area (Å²) in [5.41, 5.74) is 2.96. The molecule has 1 aromatic heterocycles. The van der Waals surface area contributed by atoms with E-state index in [-0.39, 0.29) is 5.78 Å². The Balaban J connectivity index is 1.60. The Labute approximate surface area is 167 Å². The summed E-state index contributed by atoms with van der Waals surface area (Å²) in [6.45, 7) is 12.6. The normalized spacial score (nSPS) is 16.3. The lowest BCUT2D eigenvalue weighted by atomic mass is 10.0. The number of Topliss-reactive ketones (excluding diaryl/α,β-unsaturated/α-hetero) is 1. The van der Waals surface area contributed by atoms with Crippen LogP contribution in [-0.4, -0.2) is 42.0 Å². The molecular weight excluding hydrogens is 348 g/mol. The Hall–Kier alpha value is -2.59. The number of rotatable bonds is 8. The van der Waals surface area contributed by atoms with Gasteiger partial charge < -0.3 is 14.2 Å². The number of likely N-dealkylation sites (tertiary alicyclic amines) is 1. The third-order valence-corrected chi connectivity index (χ3v) is 5.65. The van der Waals surface area contributed by atoms with E-state index in [4.69, 9.17) is 4.74 Å². The average molecular weight is 379 g/mol. The van der Waals surface area contributed by atoms with E-state index < -0.39 is 0 Å². The third-order valence-electron chi connectivity index (χ3n) is 5.65. The topological polar surface area (TPSA) is 34.5 Å². The van der Waals surface area contributed by atoms with Crippen LogP contribution in [0.1, 0.15) is 42.6 Å². The molecule has 0 saturated carbocycles. The number of carbonyl (C=O) groups excluding carboxylic acids is 1. The van der Waals surface area contributed by atoms with E-state index in [0.717, 1.165) is 55.8 Å². The fourth-order valence-electron chi connectivity index (χ4n) is 3.96. The number of nitrogens with zero attached hydrogens (tertiary/aromatic N) is 2. The van der Waals surface area contributed by atoms with Gasteiger partial charge in [0.25, 0.3) is 0 Å². The summed E-state index contributed by atoms with van der Waals surface area (Å²) in [7, 11) is 1.67. The second-order valence-corrected chi connectivity index (χ2v) is 7.45. The summed E-state index contributed by atoms with van der Waals surface area (Å²) in [5, 5.41) is 1.20. The highest BCUT2D eigenvalue weighted by atomic mass is 16.5. The summed E-state index contributed by atoms with van der Waals surface area (Å²) < 4.78 is 7.73. The summed E-state index contributed by atoms with van der Waals surface area (Å²) in [5.74, 6) is 0.926. The van der Waals surface area contributed by atoms with Crippen LogP contribution in [0.2, 0.25) is 0 Å². The molecular formula is C24H30N2O2. The van der Waals surface area contributed by atoms with Crippen LogP contribution in [-0.2, 0) is 4.74 Å². The minimum Gasteiger partial charge on any atom is -0.497 e. The molecule has 0 amide bonds. The van der Waals surface area contributed by atoms with Crippen LogP contribution >= 0.6 is 0 Å². The van der Waals surface area contributed by atoms with Gasteiger partial charge in [0, 0.05) is 43.0 Å². The van der Waals surface area contributed by atoms with Gasteiger partial charge in [0.1, 0.15) is 5.76 Å². The smallest absolute Gasteiger partial charge is 0.159 e. The first kappa shape index (κ1) is 20.2. The zero-order valence-electron chi connectivity index (χ0n) is 17.0. The van der Waals surface area contributed by atoms with Gasteiger partial charge in [0.05, 0.1) is 7.11 Å². The van der Waals surface area contributed by atoms with Gasteiger partial charge in [-0.25, -0.2) is 0 Å². The van der Waals surface area contributed by atoms with E-state index in [1.165, 1.54) is 10.9 Å². The quantitative estimate of drug-likeness (QED) is 0.362. The van der Waals surface area contributed by atoms with E-state index in [1.807, 2.05) is 24.3 Å². The summed E-state index contributed by atoms with van der Waals surface area (Å²) >= 11 is 0. The number of ketones is 1. The first-order valence-electron chi connectivity index (χ1n) is 9.92. The van der Waals surface area contributed by atoms with Gasteiger partial charge >= 0.3 is 0 Å². The molecule has 2 heterocycles. The van der Waals surface area contributed by atoms with E-state index in [1.54, 1.807) is 20.1 Å². The fraction of sp³-hybridized carbons (Fsp3) is 0.375. The Morgan fingerprint density at radius 3 is 2.68 bits per heavy atom. The van der Waals surface area contributed by atoms with Crippen molar-refractivity contribution in [2.24, 2.45) is 0 Å². The molecule has 0 aliphatic carbocycles. The van der Waals surface area contributed by atoms with E-state index in [9.17, 15) is 4.79 Å². The lowest BCUT2D eigenvalue weighted by Crippen LogP contribution is -2.35. The standard InChI is InChI=1S/C24H30N2O2/c1-5-6-24(28-4)18(2)9-13-25-14-11-22(12-15-25)26-16-10-20-7-8-21(19(3)27)17-23(20)26/h5-8,10,16-17,22H,1-2,9,11-15H2,3-4H3/b24-6+. The van der Waals surface area contributed by atoms with Gasteiger partial charge in [-0.2, -0.15) is 0 Å². The van der Waals surface area contributed by atoms with Crippen LogP contribution in [0, 0.1) is 0 Å². The third kappa shape index (κ3) is 4.45. The Bertz CT molecular complexity index is 898. The highest BCUT2D eigenvalue weighted by Crippen LogP contribution is 2.29. The number of hydrogen-bond acceptors (Lipinski definition) is 3. The van der Waals surface area contributed by atoms with Crippen molar-refractivity contribution in [3.05, 3.63) is 72.7 Å².